The summed E-state index contributed by atoms with van der Waals surface area (Å²) in [7, 11) is 0. The highest BCUT2D eigenvalue weighted by Gasteiger charge is 2.01. The molecule has 3 aromatic rings. The Labute approximate surface area is 111 Å². The quantitative estimate of drug-likeness (QED) is 0.661. The lowest BCUT2D eigenvalue weighted by molar-refractivity contribution is -0.107. The van der Waals surface area contributed by atoms with Gasteiger partial charge in [0, 0.05) is 23.7 Å². The molecule has 0 fully saturated rings. The number of aromatic nitrogens is 1. The molecule has 0 aliphatic rings. The summed E-state index contributed by atoms with van der Waals surface area (Å²) in [5, 5.41) is 2.21. The van der Waals surface area contributed by atoms with E-state index in [-0.39, 0.29) is 0 Å². The molecule has 3 rings (SSSR count). The van der Waals surface area contributed by atoms with Gasteiger partial charge in [0.15, 0.2) is 0 Å². The van der Waals surface area contributed by atoms with Crippen LogP contribution in [0.5, 0.6) is 0 Å². The first kappa shape index (κ1) is 11.6. The lowest BCUT2D eigenvalue weighted by Gasteiger charge is -2.05. The Hall–Kier alpha value is -2.48. The van der Waals surface area contributed by atoms with Gasteiger partial charge in [0.1, 0.15) is 6.29 Å². The van der Waals surface area contributed by atoms with Gasteiger partial charge in [-0.3, -0.25) is 4.98 Å². The van der Waals surface area contributed by atoms with Crippen molar-refractivity contribution in [3.63, 3.8) is 0 Å². The zero-order valence-electron chi connectivity index (χ0n) is 10.4. The summed E-state index contributed by atoms with van der Waals surface area (Å²) < 4.78 is 0. The first-order valence-corrected chi connectivity index (χ1v) is 6.24. The SMILES string of the molecule is O=CCc1cc2cc(-c3ccccc3)ccc2cn1. The third-order valence-corrected chi connectivity index (χ3v) is 3.18. The molecule has 0 saturated heterocycles. The Bertz CT molecular complexity index is 720. The second kappa shape index (κ2) is 5.02. The minimum atomic E-state index is 0.367. The fraction of sp³-hybridized carbons (Fsp3) is 0.0588. The molecule has 0 amide bonds. The predicted molar refractivity (Wildman–Crippen MR) is 76.9 cm³/mol. The number of fused-ring (bicyclic) bond motifs is 1. The lowest BCUT2D eigenvalue weighted by atomic mass is 10.0. The van der Waals surface area contributed by atoms with Crippen LogP contribution < -0.4 is 0 Å². The van der Waals surface area contributed by atoms with Crippen LogP contribution in [0.15, 0.2) is 60.8 Å². The normalized spacial score (nSPS) is 10.5. The largest absolute Gasteiger partial charge is 0.303 e. The van der Waals surface area contributed by atoms with E-state index in [9.17, 15) is 4.79 Å². The minimum absolute atomic E-state index is 0.367. The maximum Gasteiger partial charge on any atom is 0.125 e. The maximum atomic E-state index is 10.6. The van der Waals surface area contributed by atoms with E-state index in [1.54, 1.807) is 0 Å². The van der Waals surface area contributed by atoms with Crippen molar-refractivity contribution in [1.82, 2.24) is 4.98 Å². The molecular formula is C17H13NO. The first-order valence-electron chi connectivity index (χ1n) is 6.24. The Kier molecular flexibility index (Phi) is 3.07. The van der Waals surface area contributed by atoms with Gasteiger partial charge in [-0.25, -0.2) is 0 Å². The molecule has 0 atom stereocenters. The fourth-order valence-corrected chi connectivity index (χ4v) is 2.19. The van der Waals surface area contributed by atoms with E-state index in [1.165, 1.54) is 11.1 Å². The molecule has 2 heteroatoms. The first-order chi connectivity index (χ1) is 9.36. The Morgan fingerprint density at radius 3 is 2.53 bits per heavy atom. The van der Waals surface area contributed by atoms with Crippen LogP contribution in [0.4, 0.5) is 0 Å². The van der Waals surface area contributed by atoms with Gasteiger partial charge in [-0.05, 0) is 28.6 Å². The van der Waals surface area contributed by atoms with Gasteiger partial charge in [-0.1, -0.05) is 42.5 Å². The predicted octanol–water partition coefficient (Wildman–Crippen LogP) is 3.64. The van der Waals surface area contributed by atoms with Gasteiger partial charge in [-0.2, -0.15) is 0 Å². The van der Waals surface area contributed by atoms with Gasteiger partial charge in [-0.15, -0.1) is 0 Å². The molecule has 0 saturated carbocycles. The molecule has 2 nitrogen and oxygen atoms in total. The highest BCUT2D eigenvalue weighted by Crippen LogP contribution is 2.24. The molecule has 19 heavy (non-hydrogen) atoms. The van der Waals surface area contributed by atoms with Crippen molar-refractivity contribution in [2.45, 2.75) is 6.42 Å². The van der Waals surface area contributed by atoms with E-state index in [0.717, 1.165) is 22.8 Å². The van der Waals surface area contributed by atoms with Crippen LogP contribution in [0, 0.1) is 0 Å². The van der Waals surface area contributed by atoms with E-state index < -0.39 is 0 Å². The molecule has 2 aromatic carbocycles. The number of aldehydes is 1. The summed E-state index contributed by atoms with van der Waals surface area (Å²) in [6, 6.07) is 18.5. The lowest BCUT2D eigenvalue weighted by Crippen LogP contribution is -1.90. The highest BCUT2D eigenvalue weighted by molar-refractivity contribution is 5.87. The van der Waals surface area contributed by atoms with Crippen molar-refractivity contribution in [2.24, 2.45) is 0 Å². The van der Waals surface area contributed by atoms with Crippen LogP contribution in [0.2, 0.25) is 0 Å². The number of hydrogen-bond donors (Lipinski definition) is 0. The third kappa shape index (κ3) is 2.38. The van der Waals surface area contributed by atoms with Crippen LogP contribution in [-0.4, -0.2) is 11.3 Å². The molecule has 0 N–H and O–H groups in total. The number of carbonyl (C=O) groups is 1. The summed E-state index contributed by atoms with van der Waals surface area (Å²) in [4.78, 5) is 14.8. The molecule has 92 valence electrons. The van der Waals surface area contributed by atoms with Crippen molar-refractivity contribution in [2.75, 3.05) is 0 Å². The monoisotopic (exact) mass is 247 g/mol. The summed E-state index contributed by atoms with van der Waals surface area (Å²) in [5.74, 6) is 0. The summed E-state index contributed by atoms with van der Waals surface area (Å²) in [5.41, 5.74) is 3.18. The van der Waals surface area contributed by atoms with Gasteiger partial charge in [0.2, 0.25) is 0 Å². The van der Waals surface area contributed by atoms with Gasteiger partial charge < -0.3 is 4.79 Å². The molecular weight excluding hydrogens is 234 g/mol. The molecule has 1 aromatic heterocycles. The zero-order valence-corrected chi connectivity index (χ0v) is 10.4. The maximum absolute atomic E-state index is 10.6. The fourth-order valence-electron chi connectivity index (χ4n) is 2.19. The molecule has 1 heterocycles. The summed E-state index contributed by atoms with van der Waals surface area (Å²) in [6.45, 7) is 0. The molecule has 0 spiro atoms. The van der Waals surface area contributed by atoms with Gasteiger partial charge >= 0.3 is 0 Å². The average molecular weight is 247 g/mol. The topological polar surface area (TPSA) is 30.0 Å². The highest BCUT2D eigenvalue weighted by atomic mass is 16.1. The smallest absolute Gasteiger partial charge is 0.125 e. The van der Waals surface area contributed by atoms with Crippen molar-refractivity contribution < 1.29 is 4.79 Å². The summed E-state index contributed by atoms with van der Waals surface area (Å²) >= 11 is 0. The van der Waals surface area contributed by atoms with E-state index >= 15 is 0 Å². The van der Waals surface area contributed by atoms with Crippen molar-refractivity contribution in [3.05, 3.63) is 66.5 Å². The van der Waals surface area contributed by atoms with Crippen molar-refractivity contribution >= 4 is 17.1 Å². The minimum Gasteiger partial charge on any atom is -0.303 e. The second-order valence-electron chi connectivity index (χ2n) is 4.47. The average Bonchev–Trinajstić information content (AvgIpc) is 2.48. The Morgan fingerprint density at radius 2 is 1.74 bits per heavy atom. The van der Waals surface area contributed by atoms with Crippen LogP contribution in [0.3, 0.4) is 0 Å². The van der Waals surface area contributed by atoms with Crippen LogP contribution in [-0.2, 0) is 11.2 Å². The molecule has 0 aliphatic carbocycles. The molecule has 0 aliphatic heterocycles. The van der Waals surface area contributed by atoms with Crippen LogP contribution in [0.1, 0.15) is 5.69 Å². The second-order valence-corrected chi connectivity index (χ2v) is 4.47. The van der Waals surface area contributed by atoms with Crippen LogP contribution >= 0.6 is 0 Å². The standard InChI is InChI=1S/C17H13NO/c19-9-8-17-11-16-10-14(6-7-15(16)12-18-17)13-4-2-1-3-5-13/h1-7,9-12H,8H2. The summed E-state index contributed by atoms with van der Waals surface area (Å²) in [6.07, 6.45) is 3.07. The van der Waals surface area contributed by atoms with E-state index in [0.29, 0.717) is 6.42 Å². The molecule has 0 unspecified atom stereocenters. The number of pyridine rings is 1. The van der Waals surface area contributed by atoms with Crippen molar-refractivity contribution in [3.8, 4) is 11.1 Å². The number of carbonyl (C=O) groups excluding carboxylic acids is 1. The van der Waals surface area contributed by atoms with Gasteiger partial charge in [0.25, 0.3) is 0 Å². The molecule has 0 radical (unpaired) electrons. The van der Waals surface area contributed by atoms with Crippen LogP contribution in [0.25, 0.3) is 21.9 Å². The van der Waals surface area contributed by atoms with Crippen molar-refractivity contribution in [1.29, 1.82) is 0 Å². The third-order valence-electron chi connectivity index (χ3n) is 3.18. The zero-order chi connectivity index (χ0) is 13.1. The number of hydrogen-bond acceptors (Lipinski definition) is 2. The number of rotatable bonds is 3. The van der Waals surface area contributed by atoms with E-state index in [4.69, 9.17) is 0 Å². The van der Waals surface area contributed by atoms with E-state index in [1.807, 2.05) is 30.5 Å². The number of nitrogens with zero attached hydrogens (tertiary/aromatic N) is 1. The Morgan fingerprint density at radius 1 is 0.895 bits per heavy atom. The Balaban J connectivity index is 2.11. The van der Waals surface area contributed by atoms with E-state index in [2.05, 4.69) is 35.3 Å². The van der Waals surface area contributed by atoms with Gasteiger partial charge in [0.05, 0.1) is 0 Å². The molecule has 0 bridgehead atoms. The number of benzene rings is 2.